The first-order valence-electron chi connectivity index (χ1n) is 8.60. The molecule has 0 atom stereocenters. The van der Waals surface area contributed by atoms with Gasteiger partial charge in [0.1, 0.15) is 5.75 Å². The summed E-state index contributed by atoms with van der Waals surface area (Å²) in [5, 5.41) is 2.70. The predicted molar refractivity (Wildman–Crippen MR) is 103 cm³/mol. The van der Waals surface area contributed by atoms with Gasteiger partial charge in [0, 0.05) is 11.1 Å². The van der Waals surface area contributed by atoms with Crippen molar-refractivity contribution in [2.24, 2.45) is 0 Å². The van der Waals surface area contributed by atoms with Gasteiger partial charge >= 0.3 is 0 Å². The van der Waals surface area contributed by atoms with E-state index in [1.807, 2.05) is 32.0 Å². The van der Waals surface area contributed by atoms with Gasteiger partial charge in [-0.3, -0.25) is 9.59 Å². The van der Waals surface area contributed by atoms with Gasteiger partial charge < -0.3 is 19.5 Å². The molecule has 1 N–H and O–H groups in total. The van der Waals surface area contributed by atoms with Crippen LogP contribution in [0.2, 0.25) is 0 Å². The molecule has 140 valence electrons. The van der Waals surface area contributed by atoms with Crippen molar-refractivity contribution in [1.82, 2.24) is 0 Å². The number of para-hydroxylation sites is 1. The van der Waals surface area contributed by atoms with Crippen molar-refractivity contribution in [2.45, 2.75) is 20.0 Å². The van der Waals surface area contributed by atoms with Gasteiger partial charge in [-0.05, 0) is 50.3 Å². The van der Waals surface area contributed by atoms with E-state index in [1.54, 1.807) is 31.4 Å². The van der Waals surface area contributed by atoms with Gasteiger partial charge in [0.2, 0.25) is 0 Å². The normalized spacial score (nSPS) is 13.1. The van der Waals surface area contributed by atoms with Crippen LogP contribution in [-0.2, 0) is 4.79 Å². The van der Waals surface area contributed by atoms with Crippen LogP contribution in [0.4, 0.5) is 5.69 Å². The van der Waals surface area contributed by atoms with Crippen LogP contribution in [0.3, 0.4) is 0 Å². The molecule has 0 fully saturated rings. The number of hydrogen-bond donors (Lipinski definition) is 1. The molecule has 6 nitrogen and oxygen atoms in total. The number of anilines is 1. The summed E-state index contributed by atoms with van der Waals surface area (Å²) in [5.41, 5.74) is 1.69. The molecule has 0 bridgehead atoms. The van der Waals surface area contributed by atoms with Gasteiger partial charge in [0.05, 0.1) is 18.9 Å². The Morgan fingerprint density at radius 2 is 2.07 bits per heavy atom. The molecule has 1 aliphatic rings. The predicted octanol–water partition coefficient (Wildman–Crippen LogP) is 3.71. The van der Waals surface area contributed by atoms with E-state index in [1.165, 1.54) is 6.08 Å². The Bertz CT molecular complexity index is 901. The molecule has 6 heteroatoms. The van der Waals surface area contributed by atoms with E-state index in [9.17, 15) is 9.59 Å². The number of allylic oxidation sites excluding steroid dienone is 1. The molecule has 0 aromatic heterocycles. The first-order valence-corrected chi connectivity index (χ1v) is 8.60. The summed E-state index contributed by atoms with van der Waals surface area (Å²) in [6.07, 6.45) is 3.13. The Morgan fingerprint density at radius 1 is 1.26 bits per heavy atom. The average molecular weight is 367 g/mol. The number of carbonyl (C=O) groups excluding carboxylic acids is 2. The molecule has 1 heterocycles. The third kappa shape index (κ3) is 4.28. The van der Waals surface area contributed by atoms with E-state index in [0.717, 1.165) is 5.56 Å². The van der Waals surface area contributed by atoms with Crippen LogP contribution >= 0.6 is 0 Å². The molecule has 0 unspecified atom stereocenters. The molecule has 2 aromatic carbocycles. The van der Waals surface area contributed by atoms with E-state index in [0.29, 0.717) is 28.5 Å². The fraction of sp³-hybridized carbons (Fsp3) is 0.238. The SMILES string of the molecule is COc1cccc(/C=C/C(=O)c2ccc3c(c2)NC(=O)CO3)c1OC(C)C. The zero-order valence-corrected chi connectivity index (χ0v) is 15.4. The Balaban J connectivity index is 1.85. The summed E-state index contributed by atoms with van der Waals surface area (Å²) in [5.74, 6) is 1.30. The van der Waals surface area contributed by atoms with Crippen LogP contribution in [0, 0.1) is 0 Å². The lowest BCUT2D eigenvalue weighted by molar-refractivity contribution is -0.118. The van der Waals surface area contributed by atoms with Gasteiger partial charge in [0.15, 0.2) is 23.9 Å². The molecule has 27 heavy (non-hydrogen) atoms. The number of methoxy groups -OCH3 is 1. The number of ether oxygens (including phenoxy) is 3. The smallest absolute Gasteiger partial charge is 0.262 e. The summed E-state index contributed by atoms with van der Waals surface area (Å²) in [6, 6.07) is 10.4. The lowest BCUT2D eigenvalue weighted by Crippen LogP contribution is -2.25. The topological polar surface area (TPSA) is 73.9 Å². The maximum Gasteiger partial charge on any atom is 0.262 e. The third-order valence-corrected chi connectivity index (χ3v) is 3.89. The van der Waals surface area contributed by atoms with Gasteiger partial charge in [-0.2, -0.15) is 0 Å². The van der Waals surface area contributed by atoms with Crippen LogP contribution in [0.1, 0.15) is 29.8 Å². The van der Waals surface area contributed by atoms with Gasteiger partial charge in [-0.1, -0.05) is 12.1 Å². The summed E-state index contributed by atoms with van der Waals surface area (Å²) >= 11 is 0. The van der Waals surface area contributed by atoms with Gasteiger partial charge in [-0.25, -0.2) is 0 Å². The van der Waals surface area contributed by atoms with Crippen molar-refractivity contribution < 1.29 is 23.8 Å². The average Bonchev–Trinajstić information content (AvgIpc) is 2.65. The highest BCUT2D eigenvalue weighted by molar-refractivity contribution is 6.08. The Kier molecular flexibility index (Phi) is 5.45. The second-order valence-electron chi connectivity index (χ2n) is 6.29. The lowest BCUT2D eigenvalue weighted by Gasteiger charge is -2.18. The number of amides is 1. The van der Waals surface area contributed by atoms with Crippen molar-refractivity contribution in [3.8, 4) is 17.2 Å². The van der Waals surface area contributed by atoms with Crippen molar-refractivity contribution in [3.05, 3.63) is 53.6 Å². The first-order chi connectivity index (χ1) is 13.0. The molecule has 0 saturated carbocycles. The van der Waals surface area contributed by atoms with Crippen LogP contribution in [-0.4, -0.2) is 31.5 Å². The van der Waals surface area contributed by atoms with Gasteiger partial charge in [0.25, 0.3) is 5.91 Å². The number of nitrogens with one attached hydrogen (secondary N) is 1. The number of rotatable bonds is 6. The van der Waals surface area contributed by atoms with E-state index in [2.05, 4.69) is 5.32 Å². The van der Waals surface area contributed by atoms with Crippen molar-refractivity contribution in [1.29, 1.82) is 0 Å². The van der Waals surface area contributed by atoms with Crippen LogP contribution < -0.4 is 19.5 Å². The largest absolute Gasteiger partial charge is 0.493 e. The highest BCUT2D eigenvalue weighted by atomic mass is 16.5. The molecule has 0 aliphatic carbocycles. The number of ketones is 1. The molecule has 0 spiro atoms. The maximum atomic E-state index is 12.6. The van der Waals surface area contributed by atoms with E-state index >= 15 is 0 Å². The Morgan fingerprint density at radius 3 is 2.81 bits per heavy atom. The molecule has 0 saturated heterocycles. The molecule has 3 rings (SSSR count). The van der Waals surface area contributed by atoms with Crippen molar-refractivity contribution >= 4 is 23.5 Å². The lowest BCUT2D eigenvalue weighted by atomic mass is 10.1. The minimum atomic E-state index is -0.241. The minimum absolute atomic E-state index is 0.0192. The van der Waals surface area contributed by atoms with Crippen LogP contribution in [0.25, 0.3) is 6.08 Å². The molecule has 1 aliphatic heterocycles. The van der Waals surface area contributed by atoms with E-state index in [-0.39, 0.29) is 24.4 Å². The number of benzene rings is 2. The van der Waals surface area contributed by atoms with Crippen LogP contribution in [0.5, 0.6) is 17.2 Å². The molecular weight excluding hydrogens is 346 g/mol. The highest BCUT2D eigenvalue weighted by Gasteiger charge is 2.17. The second-order valence-corrected chi connectivity index (χ2v) is 6.29. The maximum absolute atomic E-state index is 12.6. The van der Waals surface area contributed by atoms with Gasteiger partial charge in [-0.15, -0.1) is 0 Å². The second kappa shape index (κ2) is 7.95. The molecule has 2 aromatic rings. The van der Waals surface area contributed by atoms with E-state index in [4.69, 9.17) is 14.2 Å². The number of hydrogen-bond acceptors (Lipinski definition) is 5. The fourth-order valence-corrected chi connectivity index (χ4v) is 2.68. The number of fused-ring (bicyclic) bond motifs is 1. The standard InChI is InChI=1S/C21H21NO5/c1-13(2)27-21-14(5-4-6-19(21)25-3)7-9-17(23)15-8-10-18-16(11-15)22-20(24)12-26-18/h4-11,13H,12H2,1-3H3,(H,22,24)/b9-7+. The molecular formula is C21H21NO5. The number of carbonyl (C=O) groups is 2. The summed E-state index contributed by atoms with van der Waals surface area (Å²) in [6.45, 7) is 3.83. The summed E-state index contributed by atoms with van der Waals surface area (Å²) in [4.78, 5) is 24.0. The summed E-state index contributed by atoms with van der Waals surface area (Å²) in [7, 11) is 1.57. The minimum Gasteiger partial charge on any atom is -0.493 e. The zero-order chi connectivity index (χ0) is 19.4. The van der Waals surface area contributed by atoms with E-state index < -0.39 is 0 Å². The quantitative estimate of drug-likeness (QED) is 0.622. The van der Waals surface area contributed by atoms with Crippen LogP contribution in [0.15, 0.2) is 42.5 Å². The summed E-state index contributed by atoms with van der Waals surface area (Å²) < 4.78 is 16.5. The monoisotopic (exact) mass is 367 g/mol. The van der Waals surface area contributed by atoms with Crippen molar-refractivity contribution in [3.63, 3.8) is 0 Å². The first kappa shape index (κ1) is 18.5. The molecule has 1 amide bonds. The fourth-order valence-electron chi connectivity index (χ4n) is 2.68. The molecule has 0 radical (unpaired) electrons. The van der Waals surface area contributed by atoms with Crippen molar-refractivity contribution in [2.75, 3.05) is 19.0 Å². The zero-order valence-electron chi connectivity index (χ0n) is 15.4. The third-order valence-electron chi connectivity index (χ3n) is 3.89. The highest BCUT2D eigenvalue weighted by Crippen LogP contribution is 2.33. The Hall–Kier alpha value is -3.28. The Labute approximate surface area is 157 Å².